The van der Waals surface area contributed by atoms with E-state index in [-0.39, 0.29) is 11.9 Å². The van der Waals surface area contributed by atoms with E-state index in [1.807, 2.05) is 6.07 Å². The third kappa shape index (κ3) is 3.04. The van der Waals surface area contributed by atoms with E-state index in [0.717, 1.165) is 11.5 Å². The standard InChI is InChI=1S/C16H18FNS/c1-11(13-4-2-5-14(17)10-13)18-16(12-7-8-12)15-6-3-9-19-15/h2-6,9-12,16,18H,7-8H2,1H3. The molecule has 1 aliphatic carbocycles. The largest absolute Gasteiger partial charge is 0.302 e. The Bertz CT molecular complexity index is 533. The van der Waals surface area contributed by atoms with Gasteiger partial charge < -0.3 is 5.32 Å². The topological polar surface area (TPSA) is 12.0 Å². The Balaban J connectivity index is 1.75. The highest BCUT2D eigenvalue weighted by molar-refractivity contribution is 7.10. The fourth-order valence-electron chi connectivity index (χ4n) is 2.49. The predicted molar refractivity (Wildman–Crippen MR) is 77.7 cm³/mol. The Hall–Kier alpha value is -1.19. The lowest BCUT2D eigenvalue weighted by Crippen LogP contribution is -2.25. The number of nitrogens with one attached hydrogen (secondary N) is 1. The normalized spacial score (nSPS) is 18.2. The Morgan fingerprint density at radius 3 is 2.74 bits per heavy atom. The smallest absolute Gasteiger partial charge is 0.123 e. The first-order valence-electron chi connectivity index (χ1n) is 6.79. The number of hydrogen-bond donors (Lipinski definition) is 1. The summed E-state index contributed by atoms with van der Waals surface area (Å²) in [5, 5.41) is 5.79. The van der Waals surface area contributed by atoms with E-state index < -0.39 is 0 Å². The van der Waals surface area contributed by atoms with Crippen molar-refractivity contribution >= 4 is 11.3 Å². The van der Waals surface area contributed by atoms with E-state index in [9.17, 15) is 4.39 Å². The molecule has 3 rings (SSSR count). The maximum absolute atomic E-state index is 13.3. The van der Waals surface area contributed by atoms with Crippen molar-refractivity contribution in [1.29, 1.82) is 0 Å². The summed E-state index contributed by atoms with van der Waals surface area (Å²) in [5.41, 5.74) is 1.02. The summed E-state index contributed by atoms with van der Waals surface area (Å²) in [4.78, 5) is 1.39. The van der Waals surface area contributed by atoms with Crippen LogP contribution in [0.15, 0.2) is 41.8 Å². The van der Waals surface area contributed by atoms with Crippen LogP contribution in [0.25, 0.3) is 0 Å². The van der Waals surface area contributed by atoms with Gasteiger partial charge in [0.15, 0.2) is 0 Å². The maximum Gasteiger partial charge on any atom is 0.123 e. The molecule has 0 spiro atoms. The molecule has 0 radical (unpaired) electrons. The molecule has 2 atom stereocenters. The maximum atomic E-state index is 13.3. The van der Waals surface area contributed by atoms with Crippen LogP contribution in [0, 0.1) is 11.7 Å². The predicted octanol–water partition coefficient (Wildman–Crippen LogP) is 4.69. The van der Waals surface area contributed by atoms with Crippen molar-refractivity contribution in [3.8, 4) is 0 Å². The summed E-state index contributed by atoms with van der Waals surface area (Å²) in [5.74, 6) is 0.583. The summed E-state index contributed by atoms with van der Waals surface area (Å²) in [6, 6.07) is 11.8. The summed E-state index contributed by atoms with van der Waals surface area (Å²) in [7, 11) is 0. The number of benzene rings is 1. The average molecular weight is 275 g/mol. The molecule has 0 bridgehead atoms. The minimum Gasteiger partial charge on any atom is -0.302 e. The van der Waals surface area contributed by atoms with Crippen molar-refractivity contribution < 1.29 is 4.39 Å². The van der Waals surface area contributed by atoms with E-state index in [1.54, 1.807) is 23.5 Å². The van der Waals surface area contributed by atoms with Crippen LogP contribution < -0.4 is 5.32 Å². The lowest BCUT2D eigenvalue weighted by atomic mass is 10.0. The zero-order valence-corrected chi connectivity index (χ0v) is 11.8. The molecule has 19 heavy (non-hydrogen) atoms. The second kappa shape index (κ2) is 5.43. The summed E-state index contributed by atoms with van der Waals surface area (Å²) >= 11 is 1.80. The molecular weight excluding hydrogens is 257 g/mol. The third-order valence-electron chi connectivity index (χ3n) is 3.72. The van der Waals surface area contributed by atoms with Crippen molar-refractivity contribution in [1.82, 2.24) is 5.32 Å². The fraction of sp³-hybridized carbons (Fsp3) is 0.375. The lowest BCUT2D eigenvalue weighted by molar-refractivity contribution is 0.432. The molecule has 1 fully saturated rings. The Kier molecular flexibility index (Phi) is 3.67. The molecule has 1 heterocycles. The summed E-state index contributed by atoms with van der Waals surface area (Å²) in [6.45, 7) is 2.11. The molecule has 1 aromatic carbocycles. The van der Waals surface area contributed by atoms with Crippen LogP contribution in [0.2, 0.25) is 0 Å². The second-order valence-electron chi connectivity index (χ2n) is 5.27. The second-order valence-corrected chi connectivity index (χ2v) is 6.25. The molecule has 0 aliphatic heterocycles. The molecule has 2 unspecified atom stereocenters. The van der Waals surface area contributed by atoms with E-state index in [4.69, 9.17) is 0 Å². The van der Waals surface area contributed by atoms with Crippen LogP contribution in [0.3, 0.4) is 0 Å². The van der Waals surface area contributed by atoms with Crippen LogP contribution in [0.4, 0.5) is 4.39 Å². The number of rotatable bonds is 5. The van der Waals surface area contributed by atoms with Gasteiger partial charge in [-0.1, -0.05) is 18.2 Å². The quantitative estimate of drug-likeness (QED) is 0.834. The van der Waals surface area contributed by atoms with Gasteiger partial charge in [0.25, 0.3) is 0 Å². The molecule has 3 heteroatoms. The van der Waals surface area contributed by atoms with Gasteiger partial charge in [-0.3, -0.25) is 0 Å². The van der Waals surface area contributed by atoms with Crippen molar-refractivity contribution in [2.75, 3.05) is 0 Å². The highest BCUT2D eigenvalue weighted by atomic mass is 32.1. The van der Waals surface area contributed by atoms with E-state index in [2.05, 4.69) is 29.8 Å². The number of thiophene rings is 1. The molecule has 1 aliphatic rings. The molecular formula is C16H18FNS. The first-order chi connectivity index (χ1) is 9.24. The molecule has 0 saturated heterocycles. The van der Waals surface area contributed by atoms with Gasteiger partial charge >= 0.3 is 0 Å². The van der Waals surface area contributed by atoms with E-state index in [1.165, 1.54) is 23.8 Å². The Morgan fingerprint density at radius 2 is 2.11 bits per heavy atom. The van der Waals surface area contributed by atoms with Crippen molar-refractivity contribution in [3.63, 3.8) is 0 Å². The summed E-state index contributed by atoms with van der Waals surface area (Å²) in [6.07, 6.45) is 2.59. The molecule has 0 amide bonds. The number of halogens is 1. The lowest BCUT2D eigenvalue weighted by Gasteiger charge is -2.23. The molecule has 1 aromatic heterocycles. The summed E-state index contributed by atoms with van der Waals surface area (Å²) < 4.78 is 13.3. The zero-order valence-electron chi connectivity index (χ0n) is 11.0. The first-order valence-corrected chi connectivity index (χ1v) is 7.67. The fourth-order valence-corrected chi connectivity index (χ4v) is 3.37. The molecule has 100 valence electrons. The van der Waals surface area contributed by atoms with Crippen LogP contribution in [-0.4, -0.2) is 0 Å². The van der Waals surface area contributed by atoms with Crippen LogP contribution >= 0.6 is 11.3 Å². The first kappa shape index (κ1) is 12.8. The third-order valence-corrected chi connectivity index (χ3v) is 4.68. The van der Waals surface area contributed by atoms with Gasteiger partial charge in [-0.2, -0.15) is 0 Å². The van der Waals surface area contributed by atoms with Gasteiger partial charge in [0, 0.05) is 17.0 Å². The molecule has 1 N–H and O–H groups in total. The van der Waals surface area contributed by atoms with Gasteiger partial charge in [-0.15, -0.1) is 11.3 Å². The van der Waals surface area contributed by atoms with Crippen LogP contribution in [0.1, 0.15) is 42.3 Å². The van der Waals surface area contributed by atoms with Crippen molar-refractivity contribution in [2.45, 2.75) is 31.8 Å². The zero-order chi connectivity index (χ0) is 13.2. The van der Waals surface area contributed by atoms with Crippen molar-refractivity contribution in [2.24, 2.45) is 5.92 Å². The van der Waals surface area contributed by atoms with Crippen LogP contribution in [0.5, 0.6) is 0 Å². The highest BCUT2D eigenvalue weighted by Crippen LogP contribution is 2.43. The average Bonchev–Trinajstić information content (AvgIpc) is 3.10. The van der Waals surface area contributed by atoms with Gasteiger partial charge in [0.2, 0.25) is 0 Å². The van der Waals surface area contributed by atoms with Gasteiger partial charge in [0.05, 0.1) is 0 Å². The Morgan fingerprint density at radius 1 is 1.26 bits per heavy atom. The Labute approximate surface area is 117 Å². The van der Waals surface area contributed by atoms with Gasteiger partial charge in [-0.25, -0.2) is 4.39 Å². The van der Waals surface area contributed by atoms with Gasteiger partial charge in [0.1, 0.15) is 5.82 Å². The SMILES string of the molecule is CC(NC(c1cccs1)C1CC1)c1cccc(F)c1. The van der Waals surface area contributed by atoms with Gasteiger partial charge in [-0.05, 0) is 54.8 Å². The van der Waals surface area contributed by atoms with E-state index in [0.29, 0.717) is 6.04 Å². The molecule has 1 saturated carbocycles. The highest BCUT2D eigenvalue weighted by Gasteiger charge is 2.33. The minimum atomic E-state index is -0.162. The monoisotopic (exact) mass is 275 g/mol. The van der Waals surface area contributed by atoms with Crippen LogP contribution in [-0.2, 0) is 0 Å². The van der Waals surface area contributed by atoms with E-state index >= 15 is 0 Å². The number of hydrogen-bond acceptors (Lipinski definition) is 2. The molecule has 2 aromatic rings. The molecule has 1 nitrogen and oxygen atoms in total. The van der Waals surface area contributed by atoms with Crippen molar-refractivity contribution in [3.05, 3.63) is 58.0 Å². The minimum absolute atomic E-state index is 0.162.